The fourth-order valence-electron chi connectivity index (χ4n) is 1.61. The van der Waals surface area contributed by atoms with Gasteiger partial charge in [-0.25, -0.2) is 4.39 Å². The summed E-state index contributed by atoms with van der Waals surface area (Å²) in [4.78, 5) is 0. The van der Waals surface area contributed by atoms with E-state index in [1.165, 1.54) is 0 Å². The lowest BCUT2D eigenvalue weighted by Gasteiger charge is -2.19. The Labute approximate surface area is 97.1 Å². The molecule has 0 aliphatic heterocycles. The zero-order valence-corrected chi connectivity index (χ0v) is 9.55. The quantitative estimate of drug-likeness (QED) is 0.810. The summed E-state index contributed by atoms with van der Waals surface area (Å²) in [6.07, 6.45) is -4.95. The van der Waals surface area contributed by atoms with Crippen molar-refractivity contribution in [3.05, 3.63) is 35.1 Å². The highest BCUT2D eigenvalue weighted by Gasteiger charge is 2.32. The molecule has 1 aromatic carbocycles. The van der Waals surface area contributed by atoms with Crippen LogP contribution in [-0.2, 0) is 6.18 Å². The smallest absolute Gasteiger partial charge is 0.393 e. The highest BCUT2D eigenvalue weighted by Crippen LogP contribution is 2.32. The van der Waals surface area contributed by atoms with Crippen molar-refractivity contribution in [1.29, 1.82) is 0 Å². The van der Waals surface area contributed by atoms with Crippen LogP contribution in [0.3, 0.4) is 0 Å². The van der Waals surface area contributed by atoms with E-state index in [0.717, 1.165) is 12.1 Å². The number of aliphatic hydroxyl groups is 1. The van der Waals surface area contributed by atoms with Crippen LogP contribution in [0.1, 0.15) is 37.3 Å². The van der Waals surface area contributed by atoms with Crippen LogP contribution < -0.4 is 0 Å². The second-order valence-corrected chi connectivity index (χ2v) is 4.04. The maximum atomic E-state index is 13.1. The number of alkyl halides is 3. The van der Waals surface area contributed by atoms with Gasteiger partial charge in [-0.15, -0.1) is 0 Å². The van der Waals surface area contributed by atoms with E-state index in [4.69, 9.17) is 0 Å². The molecule has 0 saturated carbocycles. The van der Waals surface area contributed by atoms with Gasteiger partial charge in [-0.3, -0.25) is 0 Å². The summed E-state index contributed by atoms with van der Waals surface area (Å²) in [5, 5.41) is 9.56. The Kier molecular flexibility index (Phi) is 4.14. The first-order chi connectivity index (χ1) is 7.75. The molecule has 1 nitrogen and oxygen atoms in total. The summed E-state index contributed by atoms with van der Waals surface area (Å²) in [6.45, 7) is 3.29. The Bertz CT molecular complexity index is 387. The molecule has 1 aromatic rings. The van der Waals surface area contributed by atoms with E-state index in [1.54, 1.807) is 13.8 Å². The Morgan fingerprint density at radius 3 is 2.29 bits per heavy atom. The number of hydrogen-bond donors (Lipinski definition) is 1. The van der Waals surface area contributed by atoms with Crippen molar-refractivity contribution in [1.82, 2.24) is 0 Å². The third kappa shape index (κ3) is 3.43. The number of hydrogen-bond acceptors (Lipinski definition) is 1. The Morgan fingerprint density at radius 1 is 1.24 bits per heavy atom. The normalized spacial score (nSPS) is 15.7. The summed E-state index contributed by atoms with van der Waals surface area (Å²) in [5.74, 6) is -1.47. The zero-order chi connectivity index (χ0) is 13.2. The molecule has 0 heterocycles. The van der Waals surface area contributed by atoms with Crippen LogP contribution >= 0.6 is 0 Å². The van der Waals surface area contributed by atoms with Gasteiger partial charge in [-0.05, 0) is 30.2 Å². The summed E-state index contributed by atoms with van der Waals surface area (Å²) in [6, 6.07) is 2.36. The minimum absolute atomic E-state index is 0.159. The van der Waals surface area contributed by atoms with Gasteiger partial charge < -0.3 is 5.11 Å². The summed E-state index contributed by atoms with van der Waals surface area (Å²) in [7, 11) is 0. The van der Waals surface area contributed by atoms with Gasteiger partial charge in [-0.1, -0.05) is 13.8 Å². The average Bonchev–Trinajstić information content (AvgIpc) is 2.25. The summed E-state index contributed by atoms with van der Waals surface area (Å²) < 4.78 is 50.5. The van der Waals surface area contributed by atoms with Gasteiger partial charge >= 0.3 is 6.18 Å². The fourth-order valence-corrected chi connectivity index (χ4v) is 1.61. The zero-order valence-electron chi connectivity index (χ0n) is 9.55. The predicted molar refractivity (Wildman–Crippen MR) is 56.1 cm³/mol. The van der Waals surface area contributed by atoms with E-state index in [9.17, 15) is 22.7 Å². The fraction of sp³-hybridized carbons (Fsp3) is 0.500. The highest BCUT2D eigenvalue weighted by molar-refractivity contribution is 5.29. The maximum absolute atomic E-state index is 13.1. The van der Waals surface area contributed by atoms with Crippen LogP contribution in [-0.4, -0.2) is 11.2 Å². The van der Waals surface area contributed by atoms with Crippen LogP contribution in [0.4, 0.5) is 17.6 Å². The topological polar surface area (TPSA) is 20.2 Å². The van der Waals surface area contributed by atoms with Crippen molar-refractivity contribution in [2.24, 2.45) is 0 Å². The van der Waals surface area contributed by atoms with E-state index in [1.807, 2.05) is 0 Å². The first-order valence-corrected chi connectivity index (χ1v) is 5.31. The van der Waals surface area contributed by atoms with Gasteiger partial charge in [0.25, 0.3) is 0 Å². The van der Waals surface area contributed by atoms with Crippen molar-refractivity contribution in [3.8, 4) is 0 Å². The van der Waals surface area contributed by atoms with Crippen molar-refractivity contribution < 1.29 is 22.7 Å². The molecule has 96 valence electrons. The number of aliphatic hydroxyl groups excluding tert-OH is 1. The lowest BCUT2D eigenvalue weighted by Crippen LogP contribution is -2.16. The van der Waals surface area contributed by atoms with Crippen molar-refractivity contribution >= 4 is 0 Å². The van der Waals surface area contributed by atoms with Gasteiger partial charge in [0, 0.05) is 5.92 Å². The molecule has 0 amide bonds. The third-order valence-corrected chi connectivity index (χ3v) is 2.77. The predicted octanol–water partition coefficient (Wildman–Crippen LogP) is 3.72. The number of rotatable bonds is 3. The highest BCUT2D eigenvalue weighted by atomic mass is 19.4. The van der Waals surface area contributed by atoms with Crippen molar-refractivity contribution in [2.75, 3.05) is 0 Å². The average molecular weight is 250 g/mol. The molecule has 2 unspecified atom stereocenters. The Hall–Kier alpha value is -1.10. The maximum Gasteiger partial charge on any atom is 0.416 e. The second kappa shape index (κ2) is 5.04. The molecule has 1 rings (SSSR count). The second-order valence-electron chi connectivity index (χ2n) is 4.04. The van der Waals surface area contributed by atoms with Crippen molar-refractivity contribution in [2.45, 2.75) is 38.5 Å². The van der Waals surface area contributed by atoms with Crippen molar-refractivity contribution in [3.63, 3.8) is 0 Å². The first-order valence-electron chi connectivity index (χ1n) is 5.31. The van der Waals surface area contributed by atoms with E-state index in [2.05, 4.69) is 0 Å². The van der Waals surface area contributed by atoms with Gasteiger partial charge in [0.15, 0.2) is 0 Å². The minimum atomic E-state index is -4.58. The monoisotopic (exact) mass is 250 g/mol. The molecule has 5 heteroatoms. The molecule has 17 heavy (non-hydrogen) atoms. The minimum Gasteiger partial charge on any atom is -0.393 e. The molecule has 0 aliphatic carbocycles. The van der Waals surface area contributed by atoms with E-state index in [0.29, 0.717) is 12.5 Å². The molecule has 2 atom stereocenters. The standard InChI is InChI=1S/C12H14F4O/c1-3-11(17)7(2)8-4-9(12(14,15)16)6-10(13)5-8/h4-7,11,17H,3H2,1-2H3. The lowest BCUT2D eigenvalue weighted by atomic mass is 9.92. The molecule has 0 spiro atoms. The van der Waals surface area contributed by atoms with Crippen LogP contribution in [0.15, 0.2) is 18.2 Å². The van der Waals surface area contributed by atoms with E-state index >= 15 is 0 Å². The van der Waals surface area contributed by atoms with Crippen LogP contribution in [0, 0.1) is 5.82 Å². The summed E-state index contributed by atoms with van der Waals surface area (Å²) in [5.41, 5.74) is -0.866. The Morgan fingerprint density at radius 2 is 1.82 bits per heavy atom. The van der Waals surface area contributed by atoms with Gasteiger partial charge in [-0.2, -0.15) is 13.2 Å². The van der Waals surface area contributed by atoms with Crippen LogP contribution in [0.25, 0.3) is 0 Å². The molecule has 1 N–H and O–H groups in total. The largest absolute Gasteiger partial charge is 0.416 e. The molecule has 0 aliphatic rings. The van der Waals surface area contributed by atoms with Gasteiger partial charge in [0.2, 0.25) is 0 Å². The van der Waals surface area contributed by atoms with Crippen LogP contribution in [0.2, 0.25) is 0 Å². The van der Waals surface area contributed by atoms with E-state index in [-0.39, 0.29) is 5.56 Å². The third-order valence-electron chi connectivity index (χ3n) is 2.77. The number of benzene rings is 1. The molecule has 0 saturated heterocycles. The molecule has 0 bridgehead atoms. The first kappa shape index (κ1) is 14.0. The molecule has 0 fully saturated rings. The van der Waals surface area contributed by atoms with Gasteiger partial charge in [0.05, 0.1) is 11.7 Å². The van der Waals surface area contributed by atoms with Gasteiger partial charge in [0.1, 0.15) is 5.82 Å². The molecular formula is C12H14F4O. The SMILES string of the molecule is CCC(O)C(C)c1cc(F)cc(C(F)(F)F)c1. The lowest BCUT2D eigenvalue weighted by molar-refractivity contribution is -0.137. The molecular weight excluding hydrogens is 236 g/mol. The number of halogens is 4. The Balaban J connectivity index is 3.14. The molecule has 0 radical (unpaired) electrons. The van der Waals surface area contributed by atoms with Crippen LogP contribution in [0.5, 0.6) is 0 Å². The van der Waals surface area contributed by atoms with E-state index < -0.39 is 29.6 Å². The molecule has 0 aromatic heterocycles. The summed E-state index contributed by atoms with van der Waals surface area (Å²) >= 11 is 0.